The summed E-state index contributed by atoms with van der Waals surface area (Å²) in [5.74, 6) is 1.57. The molecule has 1 aromatic heterocycles. The van der Waals surface area contributed by atoms with Crippen LogP contribution in [0.25, 0.3) is 0 Å². The van der Waals surface area contributed by atoms with Crippen molar-refractivity contribution in [2.75, 3.05) is 13.1 Å². The van der Waals surface area contributed by atoms with E-state index in [1.165, 1.54) is 37.3 Å². The van der Waals surface area contributed by atoms with E-state index in [-0.39, 0.29) is 0 Å². The van der Waals surface area contributed by atoms with Crippen molar-refractivity contribution in [2.24, 2.45) is 11.8 Å². The molecule has 0 spiro atoms. The van der Waals surface area contributed by atoms with Crippen molar-refractivity contribution in [3.8, 4) is 0 Å². The number of nitrogens with zero attached hydrogens (tertiary/aromatic N) is 1. The summed E-state index contributed by atoms with van der Waals surface area (Å²) in [6, 6.07) is 2.40. The van der Waals surface area contributed by atoms with Gasteiger partial charge in [0.05, 0.1) is 0 Å². The van der Waals surface area contributed by atoms with Crippen LogP contribution in [0, 0.1) is 25.7 Å². The van der Waals surface area contributed by atoms with E-state index >= 15 is 0 Å². The summed E-state index contributed by atoms with van der Waals surface area (Å²) >= 11 is 0. The third kappa shape index (κ3) is 2.92. The van der Waals surface area contributed by atoms with Crippen LogP contribution < -0.4 is 5.32 Å². The lowest BCUT2D eigenvalue weighted by Gasteiger charge is -2.13. The molecule has 0 radical (unpaired) electrons. The van der Waals surface area contributed by atoms with Crippen LogP contribution in [0.2, 0.25) is 0 Å². The maximum atomic E-state index is 3.46. The molecule has 0 saturated carbocycles. The summed E-state index contributed by atoms with van der Waals surface area (Å²) in [6.07, 6.45) is 2.60. The lowest BCUT2D eigenvalue weighted by Crippen LogP contribution is -2.12. The number of aromatic nitrogens is 1. The van der Waals surface area contributed by atoms with Gasteiger partial charge < -0.3 is 9.88 Å². The summed E-state index contributed by atoms with van der Waals surface area (Å²) in [7, 11) is 0. The average Bonchev–Trinajstić information content (AvgIpc) is 2.83. The Hall–Kier alpha value is -0.760. The minimum atomic E-state index is 0.723. The van der Waals surface area contributed by atoms with Crippen molar-refractivity contribution in [2.45, 2.75) is 47.1 Å². The van der Waals surface area contributed by atoms with Gasteiger partial charge in [-0.05, 0) is 63.2 Å². The maximum Gasteiger partial charge on any atom is 0.0247 e. The highest BCUT2D eigenvalue weighted by Gasteiger charge is 2.18. The van der Waals surface area contributed by atoms with Crippen LogP contribution in [0.4, 0.5) is 0 Å². The summed E-state index contributed by atoms with van der Waals surface area (Å²) in [6.45, 7) is 12.7. The molecule has 2 heterocycles. The Balaban J connectivity index is 2.12. The molecule has 0 aliphatic carbocycles. The van der Waals surface area contributed by atoms with Gasteiger partial charge in [0.25, 0.3) is 0 Å². The van der Waals surface area contributed by atoms with Crippen molar-refractivity contribution in [3.63, 3.8) is 0 Å². The number of hydrogen-bond acceptors (Lipinski definition) is 1. The van der Waals surface area contributed by atoms with Crippen LogP contribution in [0.15, 0.2) is 6.07 Å². The molecule has 1 atom stereocenters. The zero-order chi connectivity index (χ0) is 12.4. The van der Waals surface area contributed by atoms with Gasteiger partial charge in [-0.25, -0.2) is 0 Å². The van der Waals surface area contributed by atoms with Crippen LogP contribution in [-0.4, -0.2) is 17.7 Å². The summed E-state index contributed by atoms with van der Waals surface area (Å²) < 4.78 is 2.49. The molecule has 0 amide bonds. The average molecular weight is 234 g/mol. The van der Waals surface area contributed by atoms with Crippen LogP contribution >= 0.6 is 0 Å². The molecule has 1 aliphatic rings. The summed E-state index contributed by atoms with van der Waals surface area (Å²) in [5.41, 5.74) is 4.48. The van der Waals surface area contributed by atoms with Gasteiger partial charge in [-0.15, -0.1) is 0 Å². The van der Waals surface area contributed by atoms with E-state index in [0.717, 1.165) is 18.4 Å². The van der Waals surface area contributed by atoms with Gasteiger partial charge in [-0.2, -0.15) is 0 Å². The normalized spacial score (nSPS) is 20.4. The second-order valence-corrected chi connectivity index (χ2v) is 5.96. The smallest absolute Gasteiger partial charge is 0.0247 e. The zero-order valence-corrected chi connectivity index (χ0v) is 11.7. The molecule has 2 heteroatoms. The van der Waals surface area contributed by atoms with E-state index in [9.17, 15) is 0 Å². The van der Waals surface area contributed by atoms with Gasteiger partial charge in [0, 0.05) is 17.9 Å². The van der Waals surface area contributed by atoms with Crippen LogP contribution in [0.3, 0.4) is 0 Å². The Morgan fingerprint density at radius 3 is 2.76 bits per heavy atom. The van der Waals surface area contributed by atoms with E-state index < -0.39 is 0 Å². The lowest BCUT2D eigenvalue weighted by molar-refractivity contribution is 0.506. The van der Waals surface area contributed by atoms with E-state index in [2.05, 4.69) is 43.6 Å². The van der Waals surface area contributed by atoms with Crippen molar-refractivity contribution in [1.82, 2.24) is 9.88 Å². The van der Waals surface area contributed by atoms with E-state index in [0.29, 0.717) is 0 Å². The number of hydrogen-bond donors (Lipinski definition) is 1. The van der Waals surface area contributed by atoms with E-state index in [1.54, 1.807) is 5.56 Å². The van der Waals surface area contributed by atoms with Crippen LogP contribution in [0.1, 0.15) is 37.2 Å². The van der Waals surface area contributed by atoms with Gasteiger partial charge in [0.15, 0.2) is 0 Å². The topological polar surface area (TPSA) is 17.0 Å². The van der Waals surface area contributed by atoms with Gasteiger partial charge in [0.2, 0.25) is 0 Å². The molecule has 1 unspecified atom stereocenters. The first-order valence-electron chi connectivity index (χ1n) is 6.94. The van der Waals surface area contributed by atoms with Crippen molar-refractivity contribution in [3.05, 3.63) is 23.0 Å². The Morgan fingerprint density at radius 1 is 1.41 bits per heavy atom. The number of nitrogens with one attached hydrogen (secondary N) is 1. The fourth-order valence-electron chi connectivity index (χ4n) is 2.92. The summed E-state index contributed by atoms with van der Waals surface area (Å²) in [4.78, 5) is 0. The second-order valence-electron chi connectivity index (χ2n) is 5.96. The number of rotatable bonds is 4. The molecule has 1 saturated heterocycles. The molecular formula is C15H26N2. The highest BCUT2D eigenvalue weighted by Crippen LogP contribution is 2.22. The number of aryl methyl sites for hydroxylation is 1. The first kappa shape index (κ1) is 12.7. The maximum absolute atomic E-state index is 3.46. The Morgan fingerprint density at radius 2 is 2.18 bits per heavy atom. The van der Waals surface area contributed by atoms with E-state index in [1.807, 2.05) is 0 Å². The highest BCUT2D eigenvalue weighted by molar-refractivity contribution is 5.27. The first-order valence-corrected chi connectivity index (χ1v) is 6.94. The third-order valence-corrected chi connectivity index (χ3v) is 3.90. The molecule has 1 N–H and O–H groups in total. The molecule has 1 fully saturated rings. The predicted molar refractivity (Wildman–Crippen MR) is 73.4 cm³/mol. The minimum Gasteiger partial charge on any atom is -0.349 e. The fraction of sp³-hybridized carbons (Fsp3) is 0.733. The largest absolute Gasteiger partial charge is 0.349 e. The molecule has 1 aliphatic heterocycles. The molecule has 0 bridgehead atoms. The van der Waals surface area contributed by atoms with Gasteiger partial charge in [-0.1, -0.05) is 13.8 Å². The molecule has 96 valence electrons. The first-order chi connectivity index (χ1) is 8.08. The second kappa shape index (κ2) is 5.26. The Labute approximate surface area is 105 Å². The zero-order valence-electron chi connectivity index (χ0n) is 11.7. The Bertz CT molecular complexity index is 371. The van der Waals surface area contributed by atoms with Gasteiger partial charge >= 0.3 is 0 Å². The minimum absolute atomic E-state index is 0.723. The SMILES string of the molecule is Cc1cc(CC2CCNC2)c(C)n1CC(C)C. The molecule has 2 nitrogen and oxygen atoms in total. The monoisotopic (exact) mass is 234 g/mol. The highest BCUT2D eigenvalue weighted by atomic mass is 15.0. The van der Waals surface area contributed by atoms with Crippen LogP contribution in [-0.2, 0) is 13.0 Å². The lowest BCUT2D eigenvalue weighted by atomic mass is 9.99. The Kier molecular flexibility index (Phi) is 3.93. The summed E-state index contributed by atoms with van der Waals surface area (Å²) in [5, 5.41) is 3.46. The van der Waals surface area contributed by atoms with Crippen molar-refractivity contribution in [1.29, 1.82) is 0 Å². The fourth-order valence-corrected chi connectivity index (χ4v) is 2.92. The molecule has 1 aromatic rings. The molecule has 17 heavy (non-hydrogen) atoms. The molecule has 0 aromatic carbocycles. The quantitative estimate of drug-likeness (QED) is 0.847. The van der Waals surface area contributed by atoms with E-state index in [4.69, 9.17) is 0 Å². The standard InChI is InChI=1S/C15H26N2/c1-11(2)10-17-12(3)7-15(13(17)4)8-14-5-6-16-9-14/h7,11,14,16H,5-6,8-10H2,1-4H3. The van der Waals surface area contributed by atoms with Crippen molar-refractivity contribution < 1.29 is 0 Å². The van der Waals surface area contributed by atoms with Gasteiger partial charge in [0.1, 0.15) is 0 Å². The molecule has 2 rings (SSSR count). The third-order valence-electron chi connectivity index (χ3n) is 3.90. The predicted octanol–water partition coefficient (Wildman–Crippen LogP) is 2.91. The molecular weight excluding hydrogens is 208 g/mol. The van der Waals surface area contributed by atoms with Crippen molar-refractivity contribution >= 4 is 0 Å². The van der Waals surface area contributed by atoms with Crippen LogP contribution in [0.5, 0.6) is 0 Å². The van der Waals surface area contributed by atoms with Gasteiger partial charge in [-0.3, -0.25) is 0 Å².